The number of likely N-dealkylation sites (N-methyl/N-ethyl adjacent to an activating group) is 1. The topological polar surface area (TPSA) is 58.4 Å². The number of nitrogens with zero attached hydrogens (tertiary/aromatic N) is 2. The maximum atomic E-state index is 13.3. The molecule has 6 heteroatoms. The van der Waals surface area contributed by atoms with Crippen molar-refractivity contribution in [2.45, 2.75) is 44.6 Å². The minimum absolute atomic E-state index is 0.00966. The zero-order chi connectivity index (χ0) is 18.4. The van der Waals surface area contributed by atoms with Crippen molar-refractivity contribution >= 4 is 5.91 Å². The molecule has 0 saturated carbocycles. The van der Waals surface area contributed by atoms with Crippen LogP contribution in [0.4, 0.5) is 4.39 Å². The predicted molar refractivity (Wildman–Crippen MR) is 98.1 cm³/mol. The summed E-state index contributed by atoms with van der Waals surface area (Å²) in [6, 6.07) is 8.23. The zero-order valence-corrected chi connectivity index (χ0v) is 15.2. The molecule has 1 aliphatic rings. The van der Waals surface area contributed by atoms with Crippen LogP contribution in [0.1, 0.15) is 37.9 Å². The van der Waals surface area contributed by atoms with E-state index in [4.69, 9.17) is 4.52 Å². The van der Waals surface area contributed by atoms with E-state index in [0.29, 0.717) is 5.69 Å². The number of benzene rings is 1. The minimum Gasteiger partial charge on any atom is -0.361 e. The van der Waals surface area contributed by atoms with Crippen molar-refractivity contribution in [1.29, 1.82) is 0 Å². The van der Waals surface area contributed by atoms with Crippen LogP contribution in [0.5, 0.6) is 0 Å². The van der Waals surface area contributed by atoms with Gasteiger partial charge in [0.15, 0.2) is 0 Å². The molecular weight excluding hydrogens is 333 g/mol. The Morgan fingerprint density at radius 1 is 1.35 bits per heavy atom. The largest absolute Gasteiger partial charge is 0.361 e. The molecule has 1 aliphatic heterocycles. The highest BCUT2D eigenvalue weighted by Crippen LogP contribution is 2.21. The van der Waals surface area contributed by atoms with Crippen LogP contribution in [0.25, 0.3) is 11.3 Å². The quantitative estimate of drug-likeness (QED) is 0.734. The molecule has 0 bridgehead atoms. The third kappa shape index (κ3) is 4.91. The van der Waals surface area contributed by atoms with Gasteiger partial charge in [-0.2, -0.15) is 0 Å². The van der Waals surface area contributed by atoms with Gasteiger partial charge in [-0.25, -0.2) is 4.39 Å². The van der Waals surface area contributed by atoms with Crippen LogP contribution in [-0.4, -0.2) is 42.1 Å². The van der Waals surface area contributed by atoms with Gasteiger partial charge in [0.25, 0.3) is 0 Å². The summed E-state index contributed by atoms with van der Waals surface area (Å²) in [5.41, 5.74) is 1.38. The first-order valence-corrected chi connectivity index (χ1v) is 9.33. The Balaban J connectivity index is 1.37. The van der Waals surface area contributed by atoms with Crippen LogP contribution >= 0.6 is 0 Å². The van der Waals surface area contributed by atoms with Crippen LogP contribution in [0, 0.1) is 5.82 Å². The van der Waals surface area contributed by atoms with E-state index < -0.39 is 0 Å². The molecule has 5 nitrogen and oxygen atoms in total. The maximum Gasteiger partial charge on any atom is 0.239 e. The standard InChI is InChI=1S/C20H26FN3O2/c1-24(20(25)18-10-6-11-22-18)12-4-2-3-9-17-14-19(23-26-17)15-7-5-8-16(21)13-15/h5,7-8,13-14,18,22H,2-4,6,9-12H2,1H3. The molecule has 1 unspecified atom stereocenters. The molecule has 1 N–H and O–H groups in total. The molecule has 1 atom stereocenters. The number of unbranched alkanes of at least 4 members (excludes halogenated alkanes) is 2. The molecule has 1 aromatic carbocycles. The summed E-state index contributed by atoms with van der Waals surface area (Å²) in [4.78, 5) is 14.0. The molecule has 1 amide bonds. The first-order chi connectivity index (χ1) is 12.6. The molecule has 2 heterocycles. The van der Waals surface area contributed by atoms with Gasteiger partial charge in [-0.1, -0.05) is 23.7 Å². The van der Waals surface area contributed by atoms with Crippen molar-refractivity contribution in [3.63, 3.8) is 0 Å². The van der Waals surface area contributed by atoms with E-state index in [-0.39, 0.29) is 17.8 Å². The van der Waals surface area contributed by atoms with Gasteiger partial charge in [0.1, 0.15) is 17.3 Å². The minimum atomic E-state index is -0.279. The smallest absolute Gasteiger partial charge is 0.239 e. The van der Waals surface area contributed by atoms with E-state index in [1.807, 2.05) is 24.1 Å². The Hall–Kier alpha value is -2.21. The van der Waals surface area contributed by atoms with E-state index in [0.717, 1.165) is 62.9 Å². The van der Waals surface area contributed by atoms with Gasteiger partial charge in [-0.05, 0) is 44.4 Å². The normalized spacial score (nSPS) is 16.8. The van der Waals surface area contributed by atoms with Gasteiger partial charge in [-0.15, -0.1) is 0 Å². The number of rotatable bonds is 8. The highest BCUT2D eigenvalue weighted by atomic mass is 19.1. The summed E-state index contributed by atoms with van der Waals surface area (Å²) in [7, 11) is 1.88. The third-order valence-electron chi connectivity index (χ3n) is 4.83. The molecule has 26 heavy (non-hydrogen) atoms. The van der Waals surface area contributed by atoms with Crippen molar-refractivity contribution < 1.29 is 13.7 Å². The molecule has 1 saturated heterocycles. The van der Waals surface area contributed by atoms with E-state index in [2.05, 4.69) is 10.5 Å². The SMILES string of the molecule is CN(CCCCCc1cc(-c2cccc(F)c2)no1)C(=O)C1CCCN1. The van der Waals surface area contributed by atoms with Crippen LogP contribution in [0.2, 0.25) is 0 Å². The van der Waals surface area contributed by atoms with Crippen molar-refractivity contribution in [3.8, 4) is 11.3 Å². The highest BCUT2D eigenvalue weighted by Gasteiger charge is 2.24. The lowest BCUT2D eigenvalue weighted by atomic mass is 10.1. The Kier molecular flexibility index (Phi) is 6.39. The predicted octanol–water partition coefficient (Wildman–Crippen LogP) is 3.40. The number of nitrogens with one attached hydrogen (secondary N) is 1. The van der Waals surface area contributed by atoms with Gasteiger partial charge in [0.2, 0.25) is 5.91 Å². The average molecular weight is 359 g/mol. The lowest BCUT2D eigenvalue weighted by molar-refractivity contribution is -0.131. The first-order valence-electron chi connectivity index (χ1n) is 9.33. The van der Waals surface area contributed by atoms with Gasteiger partial charge in [0, 0.05) is 31.6 Å². The van der Waals surface area contributed by atoms with Crippen LogP contribution in [-0.2, 0) is 11.2 Å². The van der Waals surface area contributed by atoms with Crippen LogP contribution < -0.4 is 5.32 Å². The van der Waals surface area contributed by atoms with E-state index in [9.17, 15) is 9.18 Å². The number of aryl methyl sites for hydroxylation is 1. The van der Waals surface area contributed by atoms with Crippen LogP contribution in [0.15, 0.2) is 34.9 Å². The Morgan fingerprint density at radius 3 is 3.00 bits per heavy atom. The Morgan fingerprint density at radius 2 is 2.23 bits per heavy atom. The molecule has 1 fully saturated rings. The fraction of sp³-hybridized carbons (Fsp3) is 0.500. The maximum absolute atomic E-state index is 13.3. The first kappa shape index (κ1) is 18.6. The number of aromatic nitrogens is 1. The van der Waals surface area contributed by atoms with Crippen molar-refractivity contribution in [3.05, 3.63) is 41.9 Å². The number of halogens is 1. The number of hydrogen-bond donors (Lipinski definition) is 1. The molecule has 3 rings (SSSR count). The Bertz CT molecular complexity index is 725. The second kappa shape index (κ2) is 8.94. The van der Waals surface area contributed by atoms with Crippen LogP contribution in [0.3, 0.4) is 0 Å². The average Bonchev–Trinajstić information content (AvgIpc) is 3.32. The summed E-state index contributed by atoms with van der Waals surface area (Å²) in [5.74, 6) is 0.736. The van der Waals surface area contributed by atoms with Gasteiger partial charge < -0.3 is 14.7 Å². The number of hydrogen-bond acceptors (Lipinski definition) is 4. The Labute approximate surface area is 153 Å². The van der Waals surface area contributed by atoms with Crippen molar-refractivity contribution in [2.75, 3.05) is 20.1 Å². The van der Waals surface area contributed by atoms with E-state index in [1.165, 1.54) is 12.1 Å². The fourth-order valence-corrected chi connectivity index (χ4v) is 3.31. The molecule has 1 aromatic heterocycles. The van der Waals surface area contributed by atoms with Gasteiger partial charge >= 0.3 is 0 Å². The molecular formula is C20H26FN3O2. The summed E-state index contributed by atoms with van der Waals surface area (Å²) in [6.45, 7) is 1.72. The highest BCUT2D eigenvalue weighted by molar-refractivity contribution is 5.81. The second-order valence-corrected chi connectivity index (χ2v) is 6.91. The van der Waals surface area contributed by atoms with Crippen molar-refractivity contribution in [1.82, 2.24) is 15.4 Å². The van der Waals surface area contributed by atoms with Gasteiger partial charge in [-0.3, -0.25) is 4.79 Å². The monoisotopic (exact) mass is 359 g/mol. The van der Waals surface area contributed by atoms with E-state index >= 15 is 0 Å². The summed E-state index contributed by atoms with van der Waals surface area (Å²) < 4.78 is 18.6. The lowest BCUT2D eigenvalue weighted by Gasteiger charge is -2.21. The summed E-state index contributed by atoms with van der Waals surface area (Å²) >= 11 is 0. The molecule has 140 valence electrons. The van der Waals surface area contributed by atoms with Gasteiger partial charge in [0.05, 0.1) is 6.04 Å². The number of carbonyl (C=O) groups excluding carboxylic acids is 1. The molecule has 0 radical (unpaired) electrons. The summed E-state index contributed by atoms with van der Waals surface area (Å²) in [6.07, 6.45) is 5.79. The third-order valence-corrected chi connectivity index (χ3v) is 4.83. The molecule has 0 spiro atoms. The lowest BCUT2D eigenvalue weighted by Crippen LogP contribution is -2.41. The number of carbonyl (C=O) groups is 1. The van der Waals surface area contributed by atoms with E-state index in [1.54, 1.807) is 6.07 Å². The number of amides is 1. The molecule has 0 aliphatic carbocycles. The summed E-state index contributed by atoms with van der Waals surface area (Å²) in [5, 5.41) is 7.27. The van der Waals surface area contributed by atoms with Crippen molar-refractivity contribution in [2.24, 2.45) is 0 Å². The molecule has 2 aromatic rings. The zero-order valence-electron chi connectivity index (χ0n) is 15.2. The second-order valence-electron chi connectivity index (χ2n) is 6.91. The fourth-order valence-electron chi connectivity index (χ4n) is 3.31.